The van der Waals surface area contributed by atoms with Gasteiger partial charge in [0.05, 0.1) is 25.5 Å². The van der Waals surface area contributed by atoms with E-state index in [0.717, 1.165) is 0 Å². The Labute approximate surface area is 116 Å². The molecular formula is C12H16ClN3O3. The first-order chi connectivity index (χ1) is 8.83. The number of amides is 1. The van der Waals surface area contributed by atoms with Crippen molar-refractivity contribution >= 4 is 17.7 Å². The molecule has 1 aliphatic heterocycles. The Hall–Kier alpha value is -1.56. The number of rotatable bonds is 2. The number of hydrogen-bond acceptors (Lipinski definition) is 5. The molecule has 0 saturated carbocycles. The molecule has 1 aliphatic rings. The molecule has 1 fully saturated rings. The number of carbonyl (C=O) groups is 1. The topological polar surface area (TPSA) is 64.5 Å². The van der Waals surface area contributed by atoms with Gasteiger partial charge in [-0.15, -0.1) is 0 Å². The lowest BCUT2D eigenvalue weighted by atomic mass is 10.2. The summed E-state index contributed by atoms with van der Waals surface area (Å²) in [5.41, 5.74) is -0.479. The van der Waals surface area contributed by atoms with Crippen molar-refractivity contribution in [2.75, 3.05) is 13.1 Å². The molecule has 1 amide bonds. The maximum Gasteiger partial charge on any atom is 0.410 e. The molecule has 1 saturated heterocycles. The Morgan fingerprint density at radius 3 is 2.47 bits per heavy atom. The molecule has 1 aromatic heterocycles. The highest BCUT2D eigenvalue weighted by atomic mass is 35.5. The number of likely N-dealkylation sites (tertiary alicyclic amines) is 1. The third kappa shape index (κ3) is 3.96. The van der Waals surface area contributed by atoms with Crippen LogP contribution < -0.4 is 4.74 Å². The van der Waals surface area contributed by atoms with E-state index in [0.29, 0.717) is 18.8 Å². The van der Waals surface area contributed by atoms with Crippen molar-refractivity contribution in [2.24, 2.45) is 0 Å². The monoisotopic (exact) mass is 285 g/mol. The first-order valence-electron chi connectivity index (χ1n) is 5.95. The smallest absolute Gasteiger partial charge is 0.410 e. The van der Waals surface area contributed by atoms with Gasteiger partial charge in [0.1, 0.15) is 11.7 Å². The zero-order valence-electron chi connectivity index (χ0n) is 11.1. The number of aromatic nitrogens is 2. The Morgan fingerprint density at radius 1 is 1.37 bits per heavy atom. The summed E-state index contributed by atoms with van der Waals surface area (Å²) in [7, 11) is 0. The van der Waals surface area contributed by atoms with Gasteiger partial charge in [-0.25, -0.2) is 14.8 Å². The summed E-state index contributed by atoms with van der Waals surface area (Å²) in [5.74, 6) is 0.540. The third-order valence-corrected chi connectivity index (χ3v) is 2.59. The number of carbonyl (C=O) groups excluding carboxylic acids is 1. The average molecular weight is 286 g/mol. The number of halogens is 1. The summed E-state index contributed by atoms with van der Waals surface area (Å²) in [5, 5.41) is 0.177. The minimum atomic E-state index is -0.479. The SMILES string of the molecule is CC(C)(C)OC(=O)N1CC(Oc2cnc(Cl)nc2)C1. The standard InChI is InChI=1S/C12H16ClN3O3/c1-12(2,3)19-11(17)16-6-9(7-16)18-8-4-14-10(13)15-5-8/h4-5,9H,6-7H2,1-3H3. The van der Waals surface area contributed by atoms with Gasteiger partial charge in [-0.2, -0.15) is 0 Å². The number of nitrogens with zero attached hydrogens (tertiary/aromatic N) is 3. The van der Waals surface area contributed by atoms with Gasteiger partial charge < -0.3 is 14.4 Å². The first kappa shape index (κ1) is 13.9. The lowest BCUT2D eigenvalue weighted by Gasteiger charge is -2.39. The molecule has 6 nitrogen and oxygen atoms in total. The molecule has 1 aromatic rings. The minimum Gasteiger partial charge on any atom is -0.483 e. The molecule has 104 valence electrons. The summed E-state index contributed by atoms with van der Waals surface area (Å²) in [6.45, 7) is 6.51. The predicted molar refractivity (Wildman–Crippen MR) is 69.3 cm³/mol. The van der Waals surface area contributed by atoms with Crippen LogP contribution in [0.5, 0.6) is 5.75 Å². The Bertz CT molecular complexity index is 452. The number of ether oxygens (including phenoxy) is 2. The molecule has 2 rings (SSSR count). The molecule has 0 N–H and O–H groups in total. The van der Waals surface area contributed by atoms with Crippen LogP contribution in [-0.2, 0) is 4.74 Å². The van der Waals surface area contributed by atoms with Gasteiger partial charge in [0.2, 0.25) is 5.28 Å². The van der Waals surface area contributed by atoms with E-state index in [2.05, 4.69) is 9.97 Å². The lowest BCUT2D eigenvalue weighted by molar-refractivity contribution is -0.0223. The van der Waals surface area contributed by atoms with Crippen LogP contribution in [-0.4, -0.2) is 45.8 Å². The summed E-state index contributed by atoms with van der Waals surface area (Å²) in [6, 6.07) is 0. The fraction of sp³-hybridized carbons (Fsp3) is 0.583. The van der Waals surface area contributed by atoms with Gasteiger partial charge in [-0.3, -0.25) is 0 Å². The van der Waals surface area contributed by atoms with E-state index in [-0.39, 0.29) is 17.5 Å². The molecular weight excluding hydrogens is 270 g/mol. The van der Waals surface area contributed by atoms with Crippen LogP contribution in [0, 0.1) is 0 Å². The van der Waals surface area contributed by atoms with Crippen molar-refractivity contribution < 1.29 is 14.3 Å². The van der Waals surface area contributed by atoms with Gasteiger partial charge in [-0.05, 0) is 32.4 Å². The second-order valence-corrected chi connectivity index (χ2v) is 5.65. The van der Waals surface area contributed by atoms with Crippen LogP contribution >= 0.6 is 11.6 Å². The maximum absolute atomic E-state index is 11.7. The second-order valence-electron chi connectivity index (χ2n) is 5.31. The molecule has 0 spiro atoms. The van der Waals surface area contributed by atoms with Crippen LogP contribution in [0.3, 0.4) is 0 Å². The van der Waals surface area contributed by atoms with Gasteiger partial charge >= 0.3 is 6.09 Å². The van der Waals surface area contributed by atoms with E-state index < -0.39 is 5.60 Å². The zero-order chi connectivity index (χ0) is 14.0. The highest BCUT2D eigenvalue weighted by molar-refractivity contribution is 6.28. The van der Waals surface area contributed by atoms with Gasteiger partial charge in [0.25, 0.3) is 0 Å². The molecule has 7 heteroatoms. The van der Waals surface area contributed by atoms with Gasteiger partial charge in [0, 0.05) is 0 Å². The summed E-state index contributed by atoms with van der Waals surface area (Å²) in [4.78, 5) is 20.9. The Balaban J connectivity index is 1.77. The van der Waals surface area contributed by atoms with Crippen molar-refractivity contribution in [1.82, 2.24) is 14.9 Å². The molecule has 0 aliphatic carbocycles. The van der Waals surface area contributed by atoms with Crippen LogP contribution in [0.2, 0.25) is 5.28 Å². The predicted octanol–water partition coefficient (Wildman–Crippen LogP) is 2.13. The molecule has 0 bridgehead atoms. The van der Waals surface area contributed by atoms with E-state index >= 15 is 0 Å². The van der Waals surface area contributed by atoms with E-state index in [1.54, 1.807) is 4.90 Å². The van der Waals surface area contributed by atoms with Crippen molar-refractivity contribution in [2.45, 2.75) is 32.5 Å². The molecule has 0 aromatic carbocycles. The fourth-order valence-electron chi connectivity index (χ4n) is 1.54. The van der Waals surface area contributed by atoms with Crippen LogP contribution in [0.15, 0.2) is 12.4 Å². The Kier molecular flexibility index (Phi) is 3.80. The molecule has 2 heterocycles. The quantitative estimate of drug-likeness (QED) is 0.779. The molecule has 0 radical (unpaired) electrons. The highest BCUT2D eigenvalue weighted by Gasteiger charge is 2.35. The average Bonchev–Trinajstić information content (AvgIpc) is 2.22. The highest BCUT2D eigenvalue weighted by Crippen LogP contribution is 2.19. The van der Waals surface area contributed by atoms with Crippen LogP contribution in [0.1, 0.15) is 20.8 Å². The van der Waals surface area contributed by atoms with Crippen LogP contribution in [0.4, 0.5) is 4.79 Å². The third-order valence-electron chi connectivity index (χ3n) is 2.40. The lowest BCUT2D eigenvalue weighted by Crippen LogP contribution is -2.57. The molecule has 0 atom stereocenters. The van der Waals surface area contributed by atoms with E-state index in [1.807, 2.05) is 20.8 Å². The van der Waals surface area contributed by atoms with Crippen LogP contribution in [0.25, 0.3) is 0 Å². The molecule has 19 heavy (non-hydrogen) atoms. The maximum atomic E-state index is 11.7. The Morgan fingerprint density at radius 2 is 1.95 bits per heavy atom. The van der Waals surface area contributed by atoms with Crippen molar-refractivity contribution in [3.05, 3.63) is 17.7 Å². The van der Waals surface area contributed by atoms with E-state index in [9.17, 15) is 4.79 Å². The van der Waals surface area contributed by atoms with Gasteiger partial charge in [0.15, 0.2) is 5.75 Å². The summed E-state index contributed by atoms with van der Waals surface area (Å²) in [6.07, 6.45) is 2.63. The first-order valence-corrected chi connectivity index (χ1v) is 6.33. The van der Waals surface area contributed by atoms with Crippen molar-refractivity contribution in [1.29, 1.82) is 0 Å². The van der Waals surface area contributed by atoms with E-state index in [1.165, 1.54) is 12.4 Å². The molecule has 0 unspecified atom stereocenters. The summed E-state index contributed by atoms with van der Waals surface area (Å²) < 4.78 is 10.8. The zero-order valence-corrected chi connectivity index (χ0v) is 11.8. The normalized spacial score (nSPS) is 15.9. The minimum absolute atomic E-state index is 0.0581. The largest absolute Gasteiger partial charge is 0.483 e. The number of hydrogen-bond donors (Lipinski definition) is 0. The van der Waals surface area contributed by atoms with Gasteiger partial charge in [-0.1, -0.05) is 0 Å². The second kappa shape index (κ2) is 5.21. The van der Waals surface area contributed by atoms with Crippen molar-refractivity contribution in [3.63, 3.8) is 0 Å². The summed E-state index contributed by atoms with van der Waals surface area (Å²) >= 11 is 5.58. The fourth-order valence-corrected chi connectivity index (χ4v) is 1.64. The van der Waals surface area contributed by atoms with E-state index in [4.69, 9.17) is 21.1 Å². The van der Waals surface area contributed by atoms with Crippen molar-refractivity contribution in [3.8, 4) is 5.75 Å².